The number of hydrogen-bond acceptors (Lipinski definition) is 6. The lowest BCUT2D eigenvalue weighted by atomic mass is 10.2. The van der Waals surface area contributed by atoms with Gasteiger partial charge in [0, 0.05) is 6.07 Å². The van der Waals surface area contributed by atoms with E-state index in [0.29, 0.717) is 0 Å². The van der Waals surface area contributed by atoms with Crippen molar-refractivity contribution in [3.05, 3.63) is 34.4 Å². The van der Waals surface area contributed by atoms with Gasteiger partial charge in [-0.3, -0.25) is 19.7 Å². The van der Waals surface area contributed by atoms with Crippen LogP contribution >= 0.6 is 0 Å². The SMILES string of the molecule is O=C(O)C[C@@H](NS(=O)(=O)c1ccccc1[N+](=O)[O-])C(=O)O. The lowest BCUT2D eigenvalue weighted by Crippen LogP contribution is -2.42. The maximum atomic E-state index is 12.0. The average molecular weight is 318 g/mol. The van der Waals surface area contributed by atoms with E-state index in [2.05, 4.69) is 0 Å². The van der Waals surface area contributed by atoms with Crippen LogP contribution in [0.3, 0.4) is 0 Å². The number of nitro benzene ring substituents is 1. The molecule has 21 heavy (non-hydrogen) atoms. The number of para-hydroxylation sites is 1. The highest BCUT2D eigenvalue weighted by atomic mass is 32.2. The number of nitrogens with one attached hydrogen (secondary N) is 1. The van der Waals surface area contributed by atoms with Gasteiger partial charge < -0.3 is 10.2 Å². The lowest BCUT2D eigenvalue weighted by molar-refractivity contribution is -0.387. The number of carboxylic acid groups (broad SMARTS) is 2. The van der Waals surface area contributed by atoms with Crippen LogP contribution < -0.4 is 4.72 Å². The number of aliphatic carboxylic acids is 2. The van der Waals surface area contributed by atoms with Crippen molar-refractivity contribution in [2.75, 3.05) is 0 Å². The number of hydrogen-bond donors (Lipinski definition) is 3. The predicted molar refractivity (Wildman–Crippen MR) is 67.1 cm³/mol. The Morgan fingerprint density at radius 1 is 1.29 bits per heavy atom. The fourth-order valence-corrected chi connectivity index (χ4v) is 2.80. The van der Waals surface area contributed by atoms with Gasteiger partial charge >= 0.3 is 11.9 Å². The smallest absolute Gasteiger partial charge is 0.322 e. The monoisotopic (exact) mass is 318 g/mol. The molecule has 0 saturated heterocycles. The van der Waals surface area contributed by atoms with Gasteiger partial charge in [0.25, 0.3) is 5.69 Å². The van der Waals surface area contributed by atoms with Crippen LogP contribution in [0.4, 0.5) is 5.69 Å². The third-order valence-electron chi connectivity index (χ3n) is 2.33. The largest absolute Gasteiger partial charge is 0.481 e. The van der Waals surface area contributed by atoms with Gasteiger partial charge in [-0.25, -0.2) is 8.42 Å². The molecule has 0 aliphatic rings. The van der Waals surface area contributed by atoms with Crippen LogP contribution in [-0.2, 0) is 19.6 Å². The Morgan fingerprint density at radius 3 is 2.33 bits per heavy atom. The molecule has 0 amide bonds. The number of sulfonamides is 1. The molecule has 11 heteroatoms. The third kappa shape index (κ3) is 4.22. The first-order valence-corrected chi connectivity index (χ1v) is 6.84. The van der Waals surface area contributed by atoms with Gasteiger partial charge in [0.15, 0.2) is 4.90 Å². The van der Waals surface area contributed by atoms with Crippen molar-refractivity contribution in [3.63, 3.8) is 0 Å². The van der Waals surface area contributed by atoms with Gasteiger partial charge in [0.1, 0.15) is 6.04 Å². The van der Waals surface area contributed by atoms with Crippen molar-refractivity contribution in [3.8, 4) is 0 Å². The third-order valence-corrected chi connectivity index (χ3v) is 3.84. The molecule has 1 atom stereocenters. The van der Waals surface area contributed by atoms with Crippen LogP contribution in [0, 0.1) is 10.1 Å². The van der Waals surface area contributed by atoms with Gasteiger partial charge in [-0.05, 0) is 6.07 Å². The fourth-order valence-electron chi connectivity index (χ4n) is 1.44. The van der Waals surface area contributed by atoms with Crippen LogP contribution in [0.2, 0.25) is 0 Å². The highest BCUT2D eigenvalue weighted by Crippen LogP contribution is 2.23. The molecule has 0 aliphatic heterocycles. The molecule has 0 aromatic heterocycles. The molecule has 3 N–H and O–H groups in total. The fraction of sp³-hybridized carbons (Fsp3) is 0.200. The van der Waals surface area contributed by atoms with E-state index in [-0.39, 0.29) is 0 Å². The number of rotatable bonds is 7. The van der Waals surface area contributed by atoms with Crippen molar-refractivity contribution < 1.29 is 33.1 Å². The highest BCUT2D eigenvalue weighted by Gasteiger charge is 2.31. The van der Waals surface area contributed by atoms with E-state index in [1.807, 2.05) is 0 Å². The van der Waals surface area contributed by atoms with Gasteiger partial charge in [-0.1, -0.05) is 12.1 Å². The molecule has 1 aromatic carbocycles. The molecule has 0 spiro atoms. The standard InChI is InChI=1S/C10H10N2O8S/c13-9(14)5-6(10(15)16)11-21(19,20)8-4-2-1-3-7(8)12(17)18/h1-4,6,11H,5H2,(H,13,14)(H,15,16)/t6-/m1/s1. The van der Waals surface area contributed by atoms with E-state index in [1.54, 1.807) is 4.72 Å². The minimum absolute atomic E-state index is 0.744. The van der Waals surface area contributed by atoms with Crippen molar-refractivity contribution >= 4 is 27.6 Å². The number of carboxylic acids is 2. The Morgan fingerprint density at radius 2 is 1.86 bits per heavy atom. The van der Waals surface area contributed by atoms with Crippen LogP contribution in [-0.4, -0.2) is 41.5 Å². The van der Waals surface area contributed by atoms with E-state index in [4.69, 9.17) is 10.2 Å². The van der Waals surface area contributed by atoms with Crippen molar-refractivity contribution in [2.24, 2.45) is 0 Å². The molecule has 114 valence electrons. The van der Waals surface area contributed by atoms with Gasteiger partial charge in [0.2, 0.25) is 10.0 Å². The second kappa shape index (κ2) is 6.28. The first-order valence-electron chi connectivity index (χ1n) is 5.35. The lowest BCUT2D eigenvalue weighted by Gasteiger charge is -2.12. The summed E-state index contributed by atoms with van der Waals surface area (Å²) in [6, 6.07) is 2.37. The van der Waals surface area contributed by atoms with Crippen molar-refractivity contribution in [1.82, 2.24) is 4.72 Å². The minimum Gasteiger partial charge on any atom is -0.481 e. The van der Waals surface area contributed by atoms with Crippen molar-refractivity contribution in [2.45, 2.75) is 17.4 Å². The Labute approximate surface area is 118 Å². The summed E-state index contributed by atoms with van der Waals surface area (Å²) in [7, 11) is -4.56. The summed E-state index contributed by atoms with van der Waals surface area (Å²) in [5.74, 6) is -3.24. The zero-order valence-corrected chi connectivity index (χ0v) is 11.1. The maximum Gasteiger partial charge on any atom is 0.322 e. The summed E-state index contributed by atoms with van der Waals surface area (Å²) in [5.41, 5.74) is -0.746. The Hall–Kier alpha value is -2.53. The molecule has 1 aromatic rings. The van der Waals surface area contributed by atoms with Crippen LogP contribution in [0.1, 0.15) is 6.42 Å². The maximum absolute atomic E-state index is 12.0. The summed E-state index contributed by atoms with van der Waals surface area (Å²) in [6.45, 7) is 0. The van der Waals surface area contributed by atoms with Crippen LogP contribution in [0.25, 0.3) is 0 Å². The Bertz CT molecular complexity index is 684. The number of carbonyl (C=O) groups is 2. The topological polar surface area (TPSA) is 164 Å². The van der Waals surface area contributed by atoms with E-state index >= 15 is 0 Å². The quantitative estimate of drug-likeness (QED) is 0.459. The van der Waals surface area contributed by atoms with E-state index < -0.39 is 49.9 Å². The molecular weight excluding hydrogens is 308 g/mol. The molecule has 0 radical (unpaired) electrons. The summed E-state index contributed by atoms with van der Waals surface area (Å²) in [5, 5.41) is 28.1. The summed E-state index contributed by atoms with van der Waals surface area (Å²) >= 11 is 0. The summed E-state index contributed by atoms with van der Waals surface area (Å²) < 4.78 is 25.6. The predicted octanol–water partition coefficient (Wildman–Crippen LogP) is -0.199. The van der Waals surface area contributed by atoms with Crippen molar-refractivity contribution in [1.29, 1.82) is 0 Å². The molecule has 0 heterocycles. The minimum atomic E-state index is -4.56. The highest BCUT2D eigenvalue weighted by molar-refractivity contribution is 7.89. The number of benzene rings is 1. The zero-order valence-electron chi connectivity index (χ0n) is 10.3. The second-order valence-electron chi connectivity index (χ2n) is 3.83. The van der Waals surface area contributed by atoms with Crippen LogP contribution in [0.5, 0.6) is 0 Å². The molecule has 0 fully saturated rings. The molecular formula is C10H10N2O8S. The molecule has 10 nitrogen and oxygen atoms in total. The van der Waals surface area contributed by atoms with E-state index in [9.17, 15) is 28.1 Å². The molecule has 0 saturated carbocycles. The zero-order chi connectivity index (χ0) is 16.2. The molecule has 0 unspecified atom stereocenters. The van der Waals surface area contributed by atoms with Crippen LogP contribution in [0.15, 0.2) is 29.2 Å². The second-order valence-corrected chi connectivity index (χ2v) is 5.52. The number of nitro groups is 1. The summed E-state index contributed by atoms with van der Waals surface area (Å²) in [6.07, 6.45) is -1.00. The Balaban J connectivity index is 3.20. The Kier molecular flexibility index (Phi) is 4.94. The average Bonchev–Trinajstić information content (AvgIpc) is 2.37. The van der Waals surface area contributed by atoms with Gasteiger partial charge in [-0.15, -0.1) is 0 Å². The van der Waals surface area contributed by atoms with Gasteiger partial charge in [-0.2, -0.15) is 4.72 Å². The number of nitrogens with zero attached hydrogens (tertiary/aromatic N) is 1. The normalized spacial score (nSPS) is 12.6. The first-order chi connectivity index (χ1) is 9.65. The van der Waals surface area contributed by atoms with E-state index in [1.165, 1.54) is 12.1 Å². The van der Waals surface area contributed by atoms with E-state index in [0.717, 1.165) is 12.1 Å². The summed E-state index contributed by atoms with van der Waals surface area (Å²) in [4.78, 5) is 30.4. The molecule has 1 rings (SSSR count). The molecule has 0 bridgehead atoms. The first kappa shape index (κ1) is 16.5. The molecule has 0 aliphatic carbocycles. The van der Waals surface area contributed by atoms with Gasteiger partial charge in [0.05, 0.1) is 11.3 Å².